The average molecular weight is 302 g/mol. The fraction of sp³-hybridized carbons (Fsp3) is 0.188. The Labute approximate surface area is 130 Å². The zero-order valence-electron chi connectivity index (χ0n) is 11.9. The van der Waals surface area contributed by atoms with Crippen LogP contribution in [0.2, 0.25) is 0 Å². The first-order chi connectivity index (χ1) is 9.58. The van der Waals surface area contributed by atoms with Crippen LogP contribution in [0.5, 0.6) is 0 Å². The Morgan fingerprint density at radius 2 is 1.70 bits per heavy atom. The summed E-state index contributed by atoms with van der Waals surface area (Å²) in [5.41, 5.74) is 4.43. The lowest BCUT2D eigenvalue weighted by molar-refractivity contribution is 1.39. The minimum absolute atomic E-state index is 0.607. The summed E-state index contributed by atoms with van der Waals surface area (Å²) < 4.78 is 0. The van der Waals surface area contributed by atoms with Crippen molar-refractivity contribution in [2.75, 3.05) is 16.9 Å². The minimum Gasteiger partial charge on any atom is -0.332 e. The van der Waals surface area contributed by atoms with Crippen molar-refractivity contribution in [2.24, 2.45) is 0 Å². The van der Waals surface area contributed by atoms with Gasteiger partial charge in [0.05, 0.1) is 0 Å². The van der Waals surface area contributed by atoms with Gasteiger partial charge in [-0.25, -0.2) is 0 Å². The van der Waals surface area contributed by atoms with Crippen LogP contribution in [0.15, 0.2) is 47.4 Å². The third kappa shape index (κ3) is 3.99. The van der Waals surface area contributed by atoms with Gasteiger partial charge in [0.2, 0.25) is 0 Å². The van der Waals surface area contributed by atoms with E-state index in [-0.39, 0.29) is 0 Å². The van der Waals surface area contributed by atoms with Crippen molar-refractivity contribution < 1.29 is 0 Å². The monoisotopic (exact) mass is 302 g/mol. The van der Waals surface area contributed by atoms with Gasteiger partial charge in [0.25, 0.3) is 0 Å². The highest BCUT2D eigenvalue weighted by atomic mass is 32.2. The number of rotatable bonds is 3. The number of hydrogen-bond acceptors (Lipinski definition) is 2. The van der Waals surface area contributed by atoms with Crippen LogP contribution in [0.1, 0.15) is 11.1 Å². The number of hydrogen-bond donors (Lipinski definition) is 2. The molecule has 0 aliphatic rings. The quantitative estimate of drug-likeness (QED) is 0.626. The zero-order valence-corrected chi connectivity index (χ0v) is 13.5. The van der Waals surface area contributed by atoms with Gasteiger partial charge in [0.1, 0.15) is 0 Å². The van der Waals surface area contributed by atoms with Crippen molar-refractivity contribution in [1.82, 2.24) is 0 Å². The summed E-state index contributed by atoms with van der Waals surface area (Å²) >= 11 is 7.08. The van der Waals surface area contributed by atoms with E-state index >= 15 is 0 Å². The Balaban J connectivity index is 2.03. The number of anilines is 2. The van der Waals surface area contributed by atoms with E-state index in [2.05, 4.69) is 61.1 Å². The zero-order chi connectivity index (χ0) is 14.5. The first-order valence-electron chi connectivity index (χ1n) is 6.38. The Morgan fingerprint density at radius 3 is 2.35 bits per heavy atom. The van der Waals surface area contributed by atoms with Gasteiger partial charge in [-0.15, -0.1) is 11.8 Å². The van der Waals surface area contributed by atoms with Crippen LogP contribution in [0.25, 0.3) is 0 Å². The van der Waals surface area contributed by atoms with Crippen molar-refractivity contribution in [3.05, 3.63) is 53.6 Å². The lowest BCUT2D eigenvalue weighted by Gasteiger charge is -2.13. The maximum Gasteiger partial charge on any atom is 0.175 e. The molecule has 2 N–H and O–H groups in total. The molecule has 0 amide bonds. The highest BCUT2D eigenvalue weighted by Crippen LogP contribution is 2.19. The van der Waals surface area contributed by atoms with Gasteiger partial charge in [0, 0.05) is 16.3 Å². The molecule has 0 unspecified atom stereocenters. The van der Waals surface area contributed by atoms with Crippen LogP contribution in [-0.2, 0) is 0 Å². The minimum atomic E-state index is 0.607. The molecule has 0 radical (unpaired) electrons. The van der Waals surface area contributed by atoms with Gasteiger partial charge in [-0.3, -0.25) is 0 Å². The molecule has 2 aromatic rings. The van der Waals surface area contributed by atoms with E-state index in [1.807, 2.05) is 12.1 Å². The van der Waals surface area contributed by atoms with E-state index in [1.54, 1.807) is 11.8 Å². The molecular formula is C16H18N2S2. The molecule has 0 heterocycles. The predicted molar refractivity (Wildman–Crippen MR) is 94.0 cm³/mol. The fourth-order valence-electron chi connectivity index (χ4n) is 1.83. The SMILES string of the molecule is CSc1ccc(NC(=S)Nc2cc(C)ccc2C)cc1. The molecule has 0 saturated heterocycles. The van der Waals surface area contributed by atoms with E-state index < -0.39 is 0 Å². The predicted octanol–water partition coefficient (Wildman–Crippen LogP) is 4.83. The molecule has 0 aliphatic heterocycles. The third-order valence-corrected chi connectivity index (χ3v) is 3.94. The summed E-state index contributed by atoms with van der Waals surface area (Å²) in [4.78, 5) is 1.24. The summed E-state index contributed by atoms with van der Waals surface area (Å²) in [5, 5.41) is 7.05. The molecule has 0 spiro atoms. The maximum absolute atomic E-state index is 5.35. The summed E-state index contributed by atoms with van der Waals surface area (Å²) in [6, 6.07) is 14.5. The van der Waals surface area contributed by atoms with Crippen LogP contribution in [-0.4, -0.2) is 11.4 Å². The second-order valence-electron chi connectivity index (χ2n) is 4.63. The molecule has 0 aliphatic carbocycles. The van der Waals surface area contributed by atoms with Gasteiger partial charge in [-0.05, 0) is 73.8 Å². The molecule has 2 aromatic carbocycles. The largest absolute Gasteiger partial charge is 0.332 e. The maximum atomic E-state index is 5.35. The molecule has 0 atom stereocenters. The van der Waals surface area contributed by atoms with Crippen LogP contribution < -0.4 is 10.6 Å². The number of thioether (sulfide) groups is 1. The average Bonchev–Trinajstić information content (AvgIpc) is 2.43. The van der Waals surface area contributed by atoms with Gasteiger partial charge in [-0.2, -0.15) is 0 Å². The first-order valence-corrected chi connectivity index (χ1v) is 8.01. The van der Waals surface area contributed by atoms with E-state index in [4.69, 9.17) is 12.2 Å². The normalized spacial score (nSPS) is 10.2. The van der Waals surface area contributed by atoms with Crippen LogP contribution in [0.3, 0.4) is 0 Å². The van der Waals surface area contributed by atoms with Crippen molar-refractivity contribution in [2.45, 2.75) is 18.7 Å². The molecule has 20 heavy (non-hydrogen) atoms. The number of thiocarbonyl (C=S) groups is 1. The van der Waals surface area contributed by atoms with Crippen LogP contribution in [0.4, 0.5) is 11.4 Å². The number of aryl methyl sites for hydroxylation is 2. The first kappa shape index (κ1) is 14.9. The number of benzene rings is 2. The van der Waals surface area contributed by atoms with Gasteiger partial charge >= 0.3 is 0 Å². The Hall–Kier alpha value is -1.52. The molecular weight excluding hydrogens is 284 g/mol. The molecule has 4 heteroatoms. The summed E-state index contributed by atoms with van der Waals surface area (Å²) in [5.74, 6) is 0. The van der Waals surface area contributed by atoms with E-state index in [9.17, 15) is 0 Å². The topological polar surface area (TPSA) is 24.1 Å². The van der Waals surface area contributed by atoms with Gasteiger partial charge in [-0.1, -0.05) is 12.1 Å². The second kappa shape index (κ2) is 6.77. The highest BCUT2D eigenvalue weighted by Gasteiger charge is 2.02. The highest BCUT2D eigenvalue weighted by molar-refractivity contribution is 7.98. The summed E-state index contributed by atoms with van der Waals surface area (Å²) in [6.07, 6.45) is 2.06. The van der Waals surface area contributed by atoms with Crippen molar-refractivity contribution in [3.8, 4) is 0 Å². The molecule has 2 nitrogen and oxygen atoms in total. The van der Waals surface area contributed by atoms with Crippen molar-refractivity contribution in [3.63, 3.8) is 0 Å². The summed E-state index contributed by atoms with van der Waals surface area (Å²) in [7, 11) is 0. The Morgan fingerprint density at radius 1 is 1.00 bits per heavy atom. The van der Waals surface area contributed by atoms with Gasteiger partial charge < -0.3 is 10.6 Å². The third-order valence-electron chi connectivity index (χ3n) is 2.99. The smallest absolute Gasteiger partial charge is 0.175 e. The van der Waals surface area contributed by atoms with Crippen LogP contribution >= 0.6 is 24.0 Å². The Bertz CT molecular complexity index is 606. The fourth-order valence-corrected chi connectivity index (χ4v) is 2.47. The summed E-state index contributed by atoms with van der Waals surface area (Å²) in [6.45, 7) is 4.14. The molecule has 0 fully saturated rings. The lowest BCUT2D eigenvalue weighted by atomic mass is 10.1. The lowest BCUT2D eigenvalue weighted by Crippen LogP contribution is -2.19. The van der Waals surface area contributed by atoms with E-state index in [0.29, 0.717) is 5.11 Å². The number of nitrogens with one attached hydrogen (secondary N) is 2. The van der Waals surface area contributed by atoms with Crippen molar-refractivity contribution >= 4 is 40.5 Å². The molecule has 0 bridgehead atoms. The molecule has 2 rings (SSSR count). The van der Waals surface area contributed by atoms with E-state index in [1.165, 1.54) is 16.0 Å². The standard InChI is InChI=1S/C16H18N2S2/c1-11-4-5-12(2)15(10-11)18-16(19)17-13-6-8-14(20-3)9-7-13/h4-10H,1-3H3,(H2,17,18,19). The Kier molecular flexibility index (Phi) is 5.04. The second-order valence-corrected chi connectivity index (χ2v) is 5.91. The van der Waals surface area contributed by atoms with Gasteiger partial charge in [0.15, 0.2) is 5.11 Å². The van der Waals surface area contributed by atoms with Crippen molar-refractivity contribution in [1.29, 1.82) is 0 Å². The molecule has 104 valence electrons. The molecule has 0 aromatic heterocycles. The van der Waals surface area contributed by atoms with E-state index in [0.717, 1.165) is 11.4 Å². The van der Waals surface area contributed by atoms with Crippen LogP contribution in [0, 0.1) is 13.8 Å². The molecule has 0 saturated carbocycles.